The molecule has 0 saturated carbocycles. The zero-order valence-electron chi connectivity index (χ0n) is 15.0. The van der Waals surface area contributed by atoms with Crippen LogP contribution in [0.1, 0.15) is 12.1 Å². The van der Waals surface area contributed by atoms with Gasteiger partial charge in [0.25, 0.3) is 5.56 Å². The molecule has 0 aliphatic carbocycles. The van der Waals surface area contributed by atoms with E-state index in [0.717, 1.165) is 27.2 Å². The van der Waals surface area contributed by atoms with Crippen molar-refractivity contribution in [2.45, 2.75) is 17.9 Å². The molecule has 1 aromatic carbocycles. The third-order valence-electron chi connectivity index (χ3n) is 5.02. The molecule has 0 unspecified atom stereocenters. The molecule has 0 spiro atoms. The van der Waals surface area contributed by atoms with Gasteiger partial charge in [-0.1, -0.05) is 23.9 Å². The van der Waals surface area contributed by atoms with Gasteiger partial charge in [0.2, 0.25) is 5.69 Å². The Balaban J connectivity index is 0.00000180. The maximum Gasteiger partial charge on any atom is 0.271 e. The number of anilines is 1. The van der Waals surface area contributed by atoms with E-state index in [0.29, 0.717) is 0 Å². The summed E-state index contributed by atoms with van der Waals surface area (Å²) < 4.78 is 6.03. The van der Waals surface area contributed by atoms with Crippen molar-refractivity contribution in [3.05, 3.63) is 73.9 Å². The smallest absolute Gasteiger partial charge is 0.271 e. The second-order valence-corrected chi connectivity index (χ2v) is 8.58. The summed E-state index contributed by atoms with van der Waals surface area (Å²) in [5.41, 5.74) is 3.77. The highest BCUT2D eigenvalue weighted by molar-refractivity contribution is 8.08. The largest absolute Gasteiger partial charge is 1.00 e. The molecule has 138 valence electrons. The predicted octanol–water partition coefficient (Wildman–Crippen LogP) is -1.35. The van der Waals surface area contributed by atoms with Crippen LogP contribution in [-0.2, 0) is 13.6 Å². The van der Waals surface area contributed by atoms with E-state index in [4.69, 9.17) is 0 Å². The molecule has 4 nitrogen and oxygen atoms in total. The van der Waals surface area contributed by atoms with E-state index >= 15 is 0 Å². The number of pyridine rings is 1. The normalized spacial score (nSPS) is 17.0. The van der Waals surface area contributed by atoms with Crippen molar-refractivity contribution in [2.24, 2.45) is 7.05 Å². The lowest BCUT2D eigenvalue weighted by Crippen LogP contribution is -3.00. The predicted molar refractivity (Wildman–Crippen MR) is 107 cm³/mol. The summed E-state index contributed by atoms with van der Waals surface area (Å²) in [6.45, 7) is 0.767. The summed E-state index contributed by atoms with van der Waals surface area (Å²) in [5.74, 6) is 0. The van der Waals surface area contributed by atoms with Gasteiger partial charge in [-0.05, 0) is 24.6 Å². The Labute approximate surface area is 171 Å². The number of benzene rings is 1. The summed E-state index contributed by atoms with van der Waals surface area (Å²) >= 11 is 3.33. The van der Waals surface area contributed by atoms with Crippen LogP contribution in [0.4, 0.5) is 5.69 Å². The van der Waals surface area contributed by atoms with Crippen LogP contribution in [0.15, 0.2) is 58.4 Å². The maximum absolute atomic E-state index is 13.1. The number of hydrogen-bond acceptors (Lipinski definition) is 4. The van der Waals surface area contributed by atoms with E-state index in [1.165, 1.54) is 21.8 Å². The lowest BCUT2D eigenvalue weighted by molar-refractivity contribution is -0.673. The lowest BCUT2D eigenvalue weighted by atomic mass is 10.1. The number of rotatable bonds is 1. The van der Waals surface area contributed by atoms with Crippen molar-refractivity contribution in [1.29, 1.82) is 0 Å². The van der Waals surface area contributed by atoms with Gasteiger partial charge >= 0.3 is 0 Å². The quantitative estimate of drug-likeness (QED) is 0.460. The topological polar surface area (TPSA) is 29.1 Å². The van der Waals surface area contributed by atoms with Crippen molar-refractivity contribution in [3.63, 3.8) is 0 Å². The van der Waals surface area contributed by atoms with E-state index in [9.17, 15) is 4.79 Å². The minimum atomic E-state index is 0. The Bertz CT molecular complexity index is 1230. The molecule has 2 aliphatic rings. The van der Waals surface area contributed by atoms with E-state index in [2.05, 4.69) is 47.0 Å². The van der Waals surface area contributed by atoms with Crippen LogP contribution in [0.3, 0.4) is 0 Å². The van der Waals surface area contributed by atoms with Crippen LogP contribution in [0, 0.1) is 0 Å². The summed E-state index contributed by atoms with van der Waals surface area (Å²) in [6.07, 6.45) is 2.97. The monoisotopic (exact) mass is 415 g/mol. The fourth-order valence-electron chi connectivity index (χ4n) is 3.68. The molecule has 2 aliphatic heterocycles. The molecule has 0 N–H and O–H groups in total. The van der Waals surface area contributed by atoms with Crippen LogP contribution in [-0.4, -0.2) is 11.6 Å². The van der Waals surface area contributed by atoms with Gasteiger partial charge in [0.15, 0.2) is 6.20 Å². The first-order chi connectivity index (χ1) is 12.6. The minimum absolute atomic E-state index is 0. The summed E-state index contributed by atoms with van der Waals surface area (Å²) in [7, 11) is 4.11. The molecule has 7 heteroatoms. The van der Waals surface area contributed by atoms with Crippen LogP contribution < -0.4 is 36.6 Å². The van der Waals surface area contributed by atoms with Crippen molar-refractivity contribution < 1.29 is 17.0 Å². The number of nitrogens with zero attached hydrogens (tertiary/aromatic N) is 3. The fourth-order valence-corrected chi connectivity index (χ4v) is 6.24. The number of aromatic nitrogens is 2. The number of hydrogen-bond donors (Lipinski definition) is 0. The van der Waals surface area contributed by atoms with Crippen molar-refractivity contribution in [3.8, 4) is 0 Å². The molecule has 0 bridgehead atoms. The van der Waals surface area contributed by atoms with Gasteiger partial charge in [-0.2, -0.15) is 0 Å². The molecule has 4 heterocycles. The molecule has 0 amide bonds. The Morgan fingerprint density at radius 2 is 1.89 bits per heavy atom. The van der Waals surface area contributed by atoms with Crippen LogP contribution in [0.5, 0.6) is 0 Å². The third kappa shape index (κ3) is 2.74. The SMILES string of the molecule is CN1/C(=c2\sc3n(c2=O)CCC=3c2cccc[n+]2C)Sc2ccccc21.[Cl-]. The molecule has 5 rings (SSSR count). The first-order valence-electron chi connectivity index (χ1n) is 8.58. The van der Waals surface area contributed by atoms with E-state index in [-0.39, 0.29) is 18.0 Å². The second kappa shape index (κ2) is 6.86. The average Bonchev–Trinajstić information content (AvgIpc) is 3.30. The van der Waals surface area contributed by atoms with Gasteiger partial charge in [0, 0.05) is 30.6 Å². The Morgan fingerprint density at radius 3 is 2.67 bits per heavy atom. The molecular weight excluding hydrogens is 398 g/mol. The van der Waals surface area contributed by atoms with Crippen molar-refractivity contribution in [2.75, 3.05) is 11.9 Å². The molecule has 2 aromatic heterocycles. The Morgan fingerprint density at radius 1 is 1.11 bits per heavy atom. The van der Waals surface area contributed by atoms with Crippen LogP contribution in [0.2, 0.25) is 0 Å². The lowest BCUT2D eigenvalue weighted by Gasteiger charge is -2.11. The fraction of sp³-hybridized carbons (Fsp3) is 0.200. The van der Waals surface area contributed by atoms with Crippen molar-refractivity contribution >= 4 is 39.4 Å². The minimum Gasteiger partial charge on any atom is -1.00 e. The summed E-state index contributed by atoms with van der Waals surface area (Å²) in [6, 6.07) is 14.5. The second-order valence-electron chi connectivity index (χ2n) is 6.55. The molecule has 0 fully saturated rings. The van der Waals surface area contributed by atoms with E-state index < -0.39 is 0 Å². The highest BCUT2D eigenvalue weighted by atomic mass is 35.5. The van der Waals surface area contributed by atoms with Crippen LogP contribution in [0.25, 0.3) is 10.6 Å². The van der Waals surface area contributed by atoms with Gasteiger partial charge in [0.05, 0.1) is 11.3 Å². The van der Waals surface area contributed by atoms with Crippen molar-refractivity contribution in [1.82, 2.24) is 4.57 Å². The Kier molecular flexibility index (Phi) is 4.66. The number of thioether (sulfide) groups is 1. The highest BCUT2D eigenvalue weighted by Crippen LogP contribution is 2.44. The van der Waals surface area contributed by atoms with Crippen LogP contribution >= 0.6 is 23.1 Å². The maximum atomic E-state index is 13.1. The first kappa shape index (κ1) is 18.3. The Hall–Kier alpha value is -2.02. The van der Waals surface area contributed by atoms with Gasteiger partial charge in [-0.15, -0.1) is 11.3 Å². The zero-order chi connectivity index (χ0) is 17.8. The standard InChI is InChI=1S/C20H18N3OS2.ClH/c1-21-11-6-5-7-14(21)13-10-12-23-18(24)17(26-19(13)23)20-22(2)15-8-3-4-9-16(15)25-20;/h3-9,11H,10,12H2,1-2H3;1H/q+1;/p-1/b20-17+;. The van der Waals surface area contributed by atoms with Gasteiger partial charge in [-0.25, -0.2) is 4.57 Å². The third-order valence-corrected chi connectivity index (χ3v) is 7.62. The van der Waals surface area contributed by atoms with Gasteiger partial charge in [-0.3, -0.25) is 9.36 Å². The number of aryl methyl sites for hydroxylation is 1. The zero-order valence-corrected chi connectivity index (χ0v) is 17.4. The molecule has 27 heavy (non-hydrogen) atoms. The molecule has 0 radical (unpaired) electrons. The summed E-state index contributed by atoms with van der Waals surface area (Å²) in [4.78, 5) is 16.5. The summed E-state index contributed by atoms with van der Waals surface area (Å²) in [5, 5.41) is 1.04. The molecule has 3 aromatic rings. The first-order valence-corrected chi connectivity index (χ1v) is 10.2. The van der Waals surface area contributed by atoms with Gasteiger partial charge in [0.1, 0.15) is 21.3 Å². The number of fused-ring (bicyclic) bond motifs is 2. The number of para-hydroxylation sites is 1. The number of halogens is 1. The molecule has 0 atom stereocenters. The molecule has 0 saturated heterocycles. The van der Waals surface area contributed by atoms with Gasteiger partial charge < -0.3 is 17.3 Å². The molecular formula is C20H18ClN3OS2. The highest BCUT2D eigenvalue weighted by Gasteiger charge is 2.27. The number of thiazole rings is 1. The van der Waals surface area contributed by atoms with E-state index in [1.54, 1.807) is 23.1 Å². The van der Waals surface area contributed by atoms with E-state index in [1.807, 2.05) is 29.8 Å². The average molecular weight is 416 g/mol.